The number of benzene rings is 1. The van der Waals surface area contributed by atoms with Crippen LogP contribution in [0.1, 0.15) is 0 Å². The van der Waals surface area contributed by atoms with E-state index in [1.54, 1.807) is 0 Å². The zero-order valence-electron chi connectivity index (χ0n) is 6.05. The summed E-state index contributed by atoms with van der Waals surface area (Å²) < 4.78 is 36.9. The van der Waals surface area contributed by atoms with Crippen molar-refractivity contribution in [1.29, 1.82) is 0 Å². The molecule has 0 amide bonds. The van der Waals surface area contributed by atoms with Crippen molar-refractivity contribution < 1.29 is 18.2 Å². The Hall–Kier alpha value is -1.79. The summed E-state index contributed by atoms with van der Waals surface area (Å²) in [4.78, 5) is 9.13. The van der Waals surface area contributed by atoms with Gasteiger partial charge >= 0.3 is 0 Å². The van der Waals surface area contributed by atoms with Crippen LogP contribution in [0.4, 0.5) is 24.6 Å². The van der Waals surface area contributed by atoms with Crippen LogP contribution in [-0.4, -0.2) is 4.92 Å². The number of hydrogen-bond donors (Lipinski definition) is 1. The molecule has 1 rings (SSSR count). The zero-order valence-corrected chi connectivity index (χ0v) is 6.05. The van der Waals surface area contributed by atoms with E-state index in [-0.39, 0.29) is 0 Å². The molecule has 1 N–H and O–H groups in total. The van der Waals surface area contributed by atoms with Crippen molar-refractivity contribution in [3.8, 4) is 0 Å². The number of nitrogens with zero attached hydrogens (tertiary/aromatic N) is 1. The first-order chi connectivity index (χ1) is 6.07. The van der Waals surface area contributed by atoms with Crippen molar-refractivity contribution in [2.24, 2.45) is 0 Å². The van der Waals surface area contributed by atoms with Gasteiger partial charge in [0.25, 0.3) is 5.69 Å². The lowest BCUT2D eigenvalue weighted by Crippen LogP contribution is -1.98. The average Bonchev–Trinajstić information content (AvgIpc) is 2.09. The summed E-state index contributed by atoms with van der Waals surface area (Å²) >= 11 is 0. The van der Waals surface area contributed by atoms with E-state index >= 15 is 0 Å². The molecule has 7 heteroatoms. The summed E-state index contributed by atoms with van der Waals surface area (Å²) in [6, 6.07) is 1.22. The molecule has 0 saturated heterocycles. The van der Waals surface area contributed by atoms with Gasteiger partial charge in [-0.15, -0.1) is 4.48 Å². The van der Waals surface area contributed by atoms with E-state index in [0.717, 1.165) is 5.54 Å². The molecule has 0 atom stereocenters. The van der Waals surface area contributed by atoms with Crippen molar-refractivity contribution in [3.05, 3.63) is 33.9 Å². The van der Waals surface area contributed by atoms with Gasteiger partial charge in [0.2, 0.25) is 0 Å². The first kappa shape index (κ1) is 9.30. The zero-order chi connectivity index (χ0) is 10.0. The minimum atomic E-state index is -1.61. The summed E-state index contributed by atoms with van der Waals surface area (Å²) in [5, 5.41) is 10.2. The highest BCUT2D eigenvalue weighted by Crippen LogP contribution is 2.28. The molecule has 0 bridgehead atoms. The highest BCUT2D eigenvalue weighted by molar-refractivity contribution is 5.61. The molecular formula is C6H3F3N2O2. The number of anilines is 1. The van der Waals surface area contributed by atoms with Crippen LogP contribution in [0.25, 0.3) is 0 Å². The fourth-order valence-electron chi connectivity index (χ4n) is 0.782. The SMILES string of the molecule is O=[N+]([O-])c1ccc(F)c(F)c1NF. The molecular weight excluding hydrogens is 189 g/mol. The normalized spacial score (nSPS) is 9.77. The van der Waals surface area contributed by atoms with Crippen LogP contribution in [-0.2, 0) is 0 Å². The van der Waals surface area contributed by atoms with Gasteiger partial charge in [-0.05, 0) is 6.07 Å². The number of rotatable bonds is 2. The number of hydrogen-bond acceptors (Lipinski definition) is 3. The van der Waals surface area contributed by atoms with E-state index in [2.05, 4.69) is 0 Å². The van der Waals surface area contributed by atoms with Crippen LogP contribution in [0.3, 0.4) is 0 Å². The highest BCUT2D eigenvalue weighted by Gasteiger charge is 2.21. The van der Waals surface area contributed by atoms with Crippen LogP contribution in [0.15, 0.2) is 12.1 Å². The van der Waals surface area contributed by atoms with Gasteiger partial charge in [-0.1, -0.05) is 0 Å². The summed E-state index contributed by atoms with van der Waals surface area (Å²) in [6.07, 6.45) is 0. The Bertz CT molecular complexity index is 356. The van der Waals surface area contributed by atoms with Gasteiger partial charge in [0, 0.05) is 6.07 Å². The maximum absolute atomic E-state index is 12.6. The molecule has 1 aromatic rings. The second-order valence-electron chi connectivity index (χ2n) is 2.11. The fourth-order valence-corrected chi connectivity index (χ4v) is 0.782. The van der Waals surface area contributed by atoms with E-state index in [1.165, 1.54) is 0 Å². The summed E-state index contributed by atoms with van der Waals surface area (Å²) in [7, 11) is 0. The Morgan fingerprint density at radius 2 is 2.00 bits per heavy atom. The predicted octanol–water partition coefficient (Wildman–Crippen LogP) is 2.17. The molecule has 0 heterocycles. The molecule has 13 heavy (non-hydrogen) atoms. The van der Waals surface area contributed by atoms with E-state index in [0.29, 0.717) is 12.1 Å². The van der Waals surface area contributed by atoms with Crippen LogP contribution in [0.2, 0.25) is 0 Å². The second kappa shape index (κ2) is 3.30. The summed E-state index contributed by atoms with van der Waals surface area (Å²) in [5.74, 6) is -2.97. The van der Waals surface area contributed by atoms with Gasteiger partial charge in [0.15, 0.2) is 17.3 Å². The third kappa shape index (κ3) is 1.53. The third-order valence-electron chi connectivity index (χ3n) is 1.36. The van der Waals surface area contributed by atoms with E-state index < -0.39 is 27.9 Å². The lowest BCUT2D eigenvalue weighted by molar-refractivity contribution is -0.384. The topological polar surface area (TPSA) is 55.2 Å². The second-order valence-corrected chi connectivity index (χ2v) is 2.11. The number of nitro groups is 1. The maximum atomic E-state index is 12.6. The molecule has 1 aromatic carbocycles. The van der Waals surface area contributed by atoms with Crippen LogP contribution < -0.4 is 5.54 Å². The van der Waals surface area contributed by atoms with Crippen molar-refractivity contribution in [1.82, 2.24) is 0 Å². The van der Waals surface area contributed by atoms with E-state index in [9.17, 15) is 23.4 Å². The molecule has 0 spiro atoms. The number of nitrogens with one attached hydrogen (secondary N) is 1. The fraction of sp³-hybridized carbons (Fsp3) is 0. The molecule has 0 aliphatic heterocycles. The maximum Gasteiger partial charge on any atom is 0.298 e. The van der Waals surface area contributed by atoms with Crippen molar-refractivity contribution in [3.63, 3.8) is 0 Å². The number of halogens is 3. The minimum absolute atomic E-state index is 0.550. The third-order valence-corrected chi connectivity index (χ3v) is 1.36. The Kier molecular flexibility index (Phi) is 2.36. The lowest BCUT2D eigenvalue weighted by Gasteiger charge is -2.00. The quantitative estimate of drug-likeness (QED) is 0.443. The molecule has 70 valence electrons. The Labute approximate surface area is 70.1 Å². The molecule has 4 nitrogen and oxygen atoms in total. The van der Waals surface area contributed by atoms with Crippen LogP contribution >= 0.6 is 0 Å². The predicted molar refractivity (Wildman–Crippen MR) is 37.7 cm³/mol. The van der Waals surface area contributed by atoms with E-state index in [4.69, 9.17) is 0 Å². The Balaban J connectivity index is 3.38. The van der Waals surface area contributed by atoms with Crippen molar-refractivity contribution >= 4 is 11.4 Å². The highest BCUT2D eigenvalue weighted by atomic mass is 19.2. The standard InChI is InChI=1S/C6H3F3N2O2/c7-3-1-2-4(11(12)13)6(10-9)5(3)8/h1-2,10H. The van der Waals surface area contributed by atoms with Crippen LogP contribution in [0.5, 0.6) is 0 Å². The molecule has 0 aliphatic carbocycles. The average molecular weight is 192 g/mol. The van der Waals surface area contributed by atoms with E-state index in [1.807, 2.05) is 0 Å². The van der Waals surface area contributed by atoms with Gasteiger partial charge in [-0.25, -0.2) is 14.3 Å². The smallest absolute Gasteiger partial charge is 0.258 e. The molecule has 0 fully saturated rings. The van der Waals surface area contributed by atoms with Crippen LogP contribution in [0, 0.1) is 21.7 Å². The minimum Gasteiger partial charge on any atom is -0.258 e. The van der Waals surface area contributed by atoms with Crippen molar-refractivity contribution in [2.75, 3.05) is 5.54 Å². The largest absolute Gasteiger partial charge is 0.298 e. The van der Waals surface area contributed by atoms with Gasteiger partial charge in [-0.3, -0.25) is 10.1 Å². The van der Waals surface area contributed by atoms with Gasteiger partial charge in [-0.2, -0.15) is 0 Å². The van der Waals surface area contributed by atoms with Crippen molar-refractivity contribution in [2.45, 2.75) is 0 Å². The number of nitro benzene ring substituents is 1. The van der Waals surface area contributed by atoms with Gasteiger partial charge < -0.3 is 0 Å². The van der Waals surface area contributed by atoms with Gasteiger partial charge in [0.05, 0.1) is 4.92 Å². The monoisotopic (exact) mass is 192 g/mol. The lowest BCUT2D eigenvalue weighted by atomic mass is 10.2. The first-order valence-corrected chi connectivity index (χ1v) is 3.07. The van der Waals surface area contributed by atoms with Gasteiger partial charge in [0.1, 0.15) is 0 Å². The Morgan fingerprint density at radius 1 is 1.38 bits per heavy atom. The summed E-state index contributed by atoms with van der Waals surface area (Å²) in [5.41, 5.74) is -1.24. The first-order valence-electron chi connectivity index (χ1n) is 3.07. The molecule has 0 aliphatic rings. The molecule has 0 saturated carbocycles. The summed E-state index contributed by atoms with van der Waals surface area (Å²) in [6.45, 7) is 0. The molecule has 0 unspecified atom stereocenters. The molecule has 0 radical (unpaired) electrons. The molecule has 0 aromatic heterocycles. The Morgan fingerprint density at radius 3 is 2.46 bits per heavy atom.